The molecule has 1 heterocycles. The van der Waals surface area contributed by atoms with Crippen LogP contribution in [0.2, 0.25) is 0 Å². The lowest BCUT2D eigenvalue weighted by atomic mass is 9.70. The third kappa shape index (κ3) is 5.05. The normalized spacial score (nSPS) is 32.4. The molecule has 1 saturated heterocycles. The second-order valence-electron chi connectivity index (χ2n) is 7.25. The van der Waals surface area contributed by atoms with Gasteiger partial charge >= 0.3 is 0 Å². The molecular formula is C16H32N2O. The smallest absolute Gasteiger partial charge is 0.0594 e. The van der Waals surface area contributed by atoms with Crippen LogP contribution in [0.1, 0.15) is 46.5 Å². The minimum atomic E-state index is 0.561. The zero-order chi connectivity index (χ0) is 13.7. The first-order valence-corrected chi connectivity index (χ1v) is 8.10. The van der Waals surface area contributed by atoms with E-state index in [0.29, 0.717) is 5.41 Å². The molecular weight excluding hydrogens is 236 g/mol. The molecule has 0 aromatic heterocycles. The SMILES string of the molecule is CC1CC(C)(C)CCC1NCCCN1CCOCC1. The van der Waals surface area contributed by atoms with E-state index >= 15 is 0 Å². The molecule has 0 spiro atoms. The van der Waals surface area contributed by atoms with E-state index in [1.54, 1.807) is 0 Å². The Morgan fingerprint density at radius 2 is 2.00 bits per heavy atom. The zero-order valence-corrected chi connectivity index (χ0v) is 13.1. The molecule has 0 radical (unpaired) electrons. The van der Waals surface area contributed by atoms with E-state index in [9.17, 15) is 0 Å². The lowest BCUT2D eigenvalue weighted by molar-refractivity contribution is 0.0371. The van der Waals surface area contributed by atoms with E-state index in [0.717, 1.165) is 38.3 Å². The van der Waals surface area contributed by atoms with Crippen molar-refractivity contribution in [3.63, 3.8) is 0 Å². The number of nitrogens with zero attached hydrogens (tertiary/aromatic N) is 1. The molecule has 2 aliphatic rings. The van der Waals surface area contributed by atoms with Gasteiger partial charge in [0.15, 0.2) is 0 Å². The predicted octanol–water partition coefficient (Wildman–Crippen LogP) is 2.51. The number of rotatable bonds is 5. The molecule has 0 aromatic carbocycles. The van der Waals surface area contributed by atoms with E-state index < -0.39 is 0 Å². The Balaban J connectivity index is 1.58. The summed E-state index contributed by atoms with van der Waals surface area (Å²) in [5.41, 5.74) is 0.561. The number of hydrogen-bond donors (Lipinski definition) is 1. The van der Waals surface area contributed by atoms with Gasteiger partial charge in [0.25, 0.3) is 0 Å². The summed E-state index contributed by atoms with van der Waals surface area (Å²) in [7, 11) is 0. The molecule has 0 bridgehead atoms. The van der Waals surface area contributed by atoms with Crippen molar-refractivity contribution in [1.29, 1.82) is 0 Å². The van der Waals surface area contributed by atoms with E-state index in [1.165, 1.54) is 38.8 Å². The number of morpholine rings is 1. The minimum Gasteiger partial charge on any atom is -0.379 e. The third-order valence-corrected chi connectivity index (χ3v) is 4.85. The molecule has 112 valence electrons. The summed E-state index contributed by atoms with van der Waals surface area (Å²) in [5, 5.41) is 3.79. The summed E-state index contributed by atoms with van der Waals surface area (Å²) in [6.45, 7) is 13.7. The molecule has 2 unspecified atom stereocenters. The summed E-state index contributed by atoms with van der Waals surface area (Å²) in [5.74, 6) is 0.826. The maximum absolute atomic E-state index is 5.38. The highest BCUT2D eigenvalue weighted by atomic mass is 16.5. The maximum atomic E-state index is 5.38. The summed E-state index contributed by atoms with van der Waals surface area (Å²) in [6.07, 6.45) is 5.37. The van der Waals surface area contributed by atoms with Crippen molar-refractivity contribution >= 4 is 0 Å². The van der Waals surface area contributed by atoms with Gasteiger partial charge in [-0.05, 0) is 50.1 Å². The second kappa shape index (κ2) is 7.05. The van der Waals surface area contributed by atoms with Crippen LogP contribution in [-0.2, 0) is 4.74 Å². The number of nitrogens with one attached hydrogen (secondary N) is 1. The lowest BCUT2D eigenvalue weighted by Gasteiger charge is -2.39. The van der Waals surface area contributed by atoms with Crippen molar-refractivity contribution in [2.75, 3.05) is 39.4 Å². The Bertz CT molecular complexity index is 261. The molecule has 1 aliphatic carbocycles. The number of hydrogen-bond acceptors (Lipinski definition) is 3. The topological polar surface area (TPSA) is 24.5 Å². The van der Waals surface area contributed by atoms with Gasteiger partial charge in [0.05, 0.1) is 13.2 Å². The summed E-state index contributed by atoms with van der Waals surface area (Å²) in [6, 6.07) is 0.748. The van der Waals surface area contributed by atoms with Crippen LogP contribution < -0.4 is 5.32 Å². The van der Waals surface area contributed by atoms with Crippen LogP contribution in [0.5, 0.6) is 0 Å². The first-order chi connectivity index (χ1) is 9.07. The van der Waals surface area contributed by atoms with Gasteiger partial charge in [0.2, 0.25) is 0 Å². The van der Waals surface area contributed by atoms with Crippen LogP contribution in [0.15, 0.2) is 0 Å². The average molecular weight is 268 g/mol. The fourth-order valence-electron chi connectivity index (χ4n) is 3.66. The molecule has 1 saturated carbocycles. The first-order valence-electron chi connectivity index (χ1n) is 8.10. The van der Waals surface area contributed by atoms with E-state index in [-0.39, 0.29) is 0 Å². The highest BCUT2D eigenvalue weighted by molar-refractivity contribution is 4.86. The molecule has 2 fully saturated rings. The predicted molar refractivity (Wildman–Crippen MR) is 80.5 cm³/mol. The number of ether oxygens (including phenoxy) is 1. The van der Waals surface area contributed by atoms with Gasteiger partial charge in [0, 0.05) is 19.1 Å². The van der Waals surface area contributed by atoms with Gasteiger partial charge < -0.3 is 10.1 Å². The highest BCUT2D eigenvalue weighted by Gasteiger charge is 2.31. The molecule has 0 amide bonds. The van der Waals surface area contributed by atoms with Gasteiger partial charge in [-0.25, -0.2) is 0 Å². The van der Waals surface area contributed by atoms with Crippen molar-refractivity contribution in [2.45, 2.75) is 52.5 Å². The molecule has 1 N–H and O–H groups in total. The Hall–Kier alpha value is -0.120. The summed E-state index contributed by atoms with van der Waals surface area (Å²) >= 11 is 0. The third-order valence-electron chi connectivity index (χ3n) is 4.85. The minimum absolute atomic E-state index is 0.561. The molecule has 2 atom stereocenters. The highest BCUT2D eigenvalue weighted by Crippen LogP contribution is 2.38. The average Bonchev–Trinajstić information content (AvgIpc) is 2.37. The largest absolute Gasteiger partial charge is 0.379 e. The van der Waals surface area contributed by atoms with Gasteiger partial charge in [0.1, 0.15) is 0 Å². The summed E-state index contributed by atoms with van der Waals surface area (Å²) in [4.78, 5) is 2.53. The molecule has 3 heteroatoms. The van der Waals surface area contributed by atoms with E-state index in [4.69, 9.17) is 4.74 Å². The van der Waals surface area contributed by atoms with Crippen LogP contribution in [0.3, 0.4) is 0 Å². The lowest BCUT2D eigenvalue weighted by Crippen LogP contribution is -2.43. The van der Waals surface area contributed by atoms with Crippen molar-refractivity contribution < 1.29 is 4.74 Å². The van der Waals surface area contributed by atoms with Crippen molar-refractivity contribution in [3.05, 3.63) is 0 Å². The van der Waals surface area contributed by atoms with Gasteiger partial charge in [-0.3, -0.25) is 4.90 Å². The maximum Gasteiger partial charge on any atom is 0.0594 e. The van der Waals surface area contributed by atoms with Crippen LogP contribution in [0.4, 0.5) is 0 Å². The Labute approximate surface area is 119 Å². The monoisotopic (exact) mass is 268 g/mol. The molecule has 3 nitrogen and oxygen atoms in total. The molecule has 0 aromatic rings. The van der Waals surface area contributed by atoms with Crippen LogP contribution in [0.25, 0.3) is 0 Å². The van der Waals surface area contributed by atoms with E-state index in [2.05, 4.69) is 31.0 Å². The fourth-order valence-corrected chi connectivity index (χ4v) is 3.66. The molecule has 1 aliphatic heterocycles. The van der Waals surface area contributed by atoms with Gasteiger partial charge in [-0.2, -0.15) is 0 Å². The Kier molecular flexibility index (Phi) is 5.67. The van der Waals surface area contributed by atoms with E-state index in [1.807, 2.05) is 0 Å². The second-order valence-corrected chi connectivity index (χ2v) is 7.25. The van der Waals surface area contributed by atoms with Crippen LogP contribution in [0, 0.1) is 11.3 Å². The quantitative estimate of drug-likeness (QED) is 0.775. The molecule has 2 rings (SSSR count). The van der Waals surface area contributed by atoms with Crippen molar-refractivity contribution in [1.82, 2.24) is 10.2 Å². The van der Waals surface area contributed by atoms with Gasteiger partial charge in [-0.1, -0.05) is 20.8 Å². The fraction of sp³-hybridized carbons (Fsp3) is 1.00. The van der Waals surface area contributed by atoms with Crippen LogP contribution >= 0.6 is 0 Å². The van der Waals surface area contributed by atoms with Crippen LogP contribution in [-0.4, -0.2) is 50.3 Å². The standard InChI is InChI=1S/C16H32N2O/c1-14-13-16(2,3)6-5-15(14)17-7-4-8-18-9-11-19-12-10-18/h14-15,17H,4-13H2,1-3H3. The molecule has 19 heavy (non-hydrogen) atoms. The Morgan fingerprint density at radius 1 is 1.26 bits per heavy atom. The van der Waals surface area contributed by atoms with Crippen molar-refractivity contribution in [3.8, 4) is 0 Å². The van der Waals surface area contributed by atoms with Gasteiger partial charge in [-0.15, -0.1) is 0 Å². The van der Waals surface area contributed by atoms with Crippen molar-refractivity contribution in [2.24, 2.45) is 11.3 Å². The Morgan fingerprint density at radius 3 is 2.68 bits per heavy atom. The summed E-state index contributed by atoms with van der Waals surface area (Å²) < 4.78 is 5.38. The first kappa shape index (κ1) is 15.3. The zero-order valence-electron chi connectivity index (χ0n) is 13.1.